The standard InChI is InChI=1S/C14H28F3NO.C13H7Cl2F3N2O2/c1-3-4-5-6-7-8-9-10-11-18-12-13(2,19)14(15,16)17;14-5-1-2-6(8(15)3-5)10-7(13(16,17)18)4-9(19)11(20-10)12(21)22/h18-19H,3-12H2,1-2H3;1-4H,19H2,(H,21,22)/t13-;/m0./s1. The summed E-state index contributed by atoms with van der Waals surface area (Å²) in [5.74, 6) is -1.54. The molecule has 0 saturated heterocycles. The van der Waals surface area contributed by atoms with Crippen LogP contribution in [0.1, 0.15) is 81.3 Å². The van der Waals surface area contributed by atoms with E-state index in [0.717, 1.165) is 26.2 Å². The number of alkyl halides is 6. The molecular formula is C27H35Cl2F6N3O3. The van der Waals surface area contributed by atoms with Gasteiger partial charge in [0.05, 0.1) is 22.0 Å². The summed E-state index contributed by atoms with van der Waals surface area (Å²) >= 11 is 11.6. The number of nitrogen functional groups attached to an aromatic ring is 1. The molecule has 2 aromatic rings. The normalized spacial score (nSPS) is 13.3. The van der Waals surface area contributed by atoms with Crippen LogP contribution in [0.25, 0.3) is 11.3 Å². The van der Waals surface area contributed by atoms with Gasteiger partial charge in [0.2, 0.25) is 0 Å². The van der Waals surface area contributed by atoms with E-state index in [-0.39, 0.29) is 15.6 Å². The predicted molar refractivity (Wildman–Crippen MR) is 148 cm³/mol. The van der Waals surface area contributed by atoms with Crippen molar-refractivity contribution in [1.82, 2.24) is 10.3 Å². The average molecular weight is 634 g/mol. The quantitative estimate of drug-likeness (QED) is 0.130. The first-order valence-electron chi connectivity index (χ1n) is 13.0. The molecule has 1 heterocycles. The van der Waals surface area contributed by atoms with Crippen LogP contribution in [0.3, 0.4) is 0 Å². The highest BCUT2D eigenvalue weighted by Gasteiger charge is 2.49. The van der Waals surface area contributed by atoms with Crippen molar-refractivity contribution in [1.29, 1.82) is 0 Å². The minimum atomic E-state index is -4.78. The molecule has 0 radical (unpaired) electrons. The van der Waals surface area contributed by atoms with E-state index in [0.29, 0.717) is 12.6 Å². The molecule has 232 valence electrons. The number of pyridine rings is 1. The number of halogens is 8. The van der Waals surface area contributed by atoms with Gasteiger partial charge in [-0.3, -0.25) is 0 Å². The predicted octanol–water partition coefficient (Wildman–Crippen LogP) is 8.38. The number of anilines is 1. The van der Waals surface area contributed by atoms with Crippen molar-refractivity contribution < 1.29 is 41.4 Å². The van der Waals surface area contributed by atoms with Gasteiger partial charge in [0, 0.05) is 17.1 Å². The maximum Gasteiger partial charge on any atom is 0.418 e. The topological polar surface area (TPSA) is 108 Å². The summed E-state index contributed by atoms with van der Waals surface area (Å²) in [6.07, 6.45) is -0.0452. The van der Waals surface area contributed by atoms with Crippen molar-refractivity contribution in [3.05, 3.63) is 45.6 Å². The molecule has 14 heteroatoms. The van der Waals surface area contributed by atoms with Gasteiger partial charge >= 0.3 is 18.3 Å². The van der Waals surface area contributed by atoms with E-state index >= 15 is 0 Å². The molecule has 1 aromatic heterocycles. The summed E-state index contributed by atoms with van der Waals surface area (Å²) in [4.78, 5) is 14.6. The van der Waals surface area contributed by atoms with Gasteiger partial charge < -0.3 is 21.3 Å². The Kier molecular flexibility index (Phi) is 14.7. The molecular weight excluding hydrogens is 599 g/mol. The van der Waals surface area contributed by atoms with Crippen LogP contribution in [0.4, 0.5) is 32.0 Å². The number of hydrogen-bond donors (Lipinski definition) is 4. The third-order valence-corrected chi connectivity index (χ3v) is 6.58. The van der Waals surface area contributed by atoms with Gasteiger partial charge in [0.25, 0.3) is 0 Å². The molecule has 5 N–H and O–H groups in total. The Morgan fingerprint density at radius 1 is 0.976 bits per heavy atom. The van der Waals surface area contributed by atoms with Crippen molar-refractivity contribution in [2.45, 2.75) is 83.2 Å². The summed E-state index contributed by atoms with van der Waals surface area (Å²) in [7, 11) is 0. The molecule has 0 unspecified atom stereocenters. The number of carboxylic acids is 1. The summed E-state index contributed by atoms with van der Waals surface area (Å²) in [6.45, 7) is 3.07. The summed E-state index contributed by atoms with van der Waals surface area (Å²) < 4.78 is 76.4. The first-order valence-corrected chi connectivity index (χ1v) is 13.7. The van der Waals surface area contributed by atoms with Crippen LogP contribution in [0.5, 0.6) is 0 Å². The first-order chi connectivity index (χ1) is 18.9. The smallest absolute Gasteiger partial charge is 0.418 e. The zero-order valence-electron chi connectivity index (χ0n) is 22.7. The lowest BCUT2D eigenvalue weighted by Crippen LogP contribution is -2.50. The summed E-state index contributed by atoms with van der Waals surface area (Å²) in [5.41, 5.74) is -0.478. The lowest BCUT2D eigenvalue weighted by atomic mass is 10.0. The number of aromatic carboxylic acids is 1. The fourth-order valence-electron chi connectivity index (χ4n) is 3.62. The van der Waals surface area contributed by atoms with E-state index in [1.165, 1.54) is 50.3 Å². The van der Waals surface area contributed by atoms with Crippen LogP contribution >= 0.6 is 23.2 Å². The molecule has 0 amide bonds. The number of benzene rings is 1. The number of rotatable bonds is 13. The Morgan fingerprint density at radius 3 is 2.02 bits per heavy atom. The minimum absolute atomic E-state index is 0.0911. The number of carboxylic acid groups (broad SMARTS) is 1. The van der Waals surface area contributed by atoms with Gasteiger partial charge in [0.15, 0.2) is 11.3 Å². The number of nitrogens with two attached hydrogens (primary N) is 1. The molecule has 1 atom stereocenters. The number of carbonyl (C=O) groups is 1. The number of hydrogen-bond acceptors (Lipinski definition) is 5. The van der Waals surface area contributed by atoms with E-state index in [1.807, 2.05) is 0 Å². The molecule has 41 heavy (non-hydrogen) atoms. The second-order valence-corrected chi connectivity index (χ2v) is 10.5. The molecule has 0 aliphatic heterocycles. The Balaban J connectivity index is 0.000000416. The summed E-state index contributed by atoms with van der Waals surface area (Å²) in [5, 5.41) is 21.0. The van der Waals surface area contributed by atoms with Crippen molar-refractivity contribution >= 4 is 34.9 Å². The summed E-state index contributed by atoms with van der Waals surface area (Å²) in [6, 6.07) is 4.30. The molecule has 0 fully saturated rings. The van der Waals surface area contributed by atoms with Gasteiger partial charge in [-0.1, -0.05) is 75.1 Å². The van der Waals surface area contributed by atoms with Crippen LogP contribution in [-0.2, 0) is 6.18 Å². The van der Waals surface area contributed by atoms with Crippen molar-refractivity contribution in [2.75, 3.05) is 18.8 Å². The largest absolute Gasteiger partial charge is 0.476 e. The Morgan fingerprint density at radius 2 is 1.54 bits per heavy atom. The van der Waals surface area contributed by atoms with Crippen molar-refractivity contribution in [2.24, 2.45) is 0 Å². The highest BCUT2D eigenvalue weighted by atomic mass is 35.5. The van der Waals surface area contributed by atoms with Gasteiger partial charge in [-0.15, -0.1) is 0 Å². The maximum absolute atomic E-state index is 13.1. The molecule has 0 spiro atoms. The monoisotopic (exact) mass is 633 g/mol. The van der Waals surface area contributed by atoms with E-state index in [1.54, 1.807) is 0 Å². The number of nitrogens with zero attached hydrogens (tertiary/aromatic N) is 1. The Bertz CT molecular complexity index is 1130. The Labute approximate surface area is 245 Å². The third-order valence-electron chi connectivity index (χ3n) is 6.03. The molecule has 0 saturated carbocycles. The average Bonchev–Trinajstić information content (AvgIpc) is 2.84. The van der Waals surface area contributed by atoms with Gasteiger partial charge in [-0.05, 0) is 44.2 Å². The Hall–Kier alpha value is -2.28. The van der Waals surface area contributed by atoms with Crippen LogP contribution < -0.4 is 11.1 Å². The van der Waals surface area contributed by atoms with E-state index < -0.39 is 53.1 Å². The molecule has 1 aromatic carbocycles. The van der Waals surface area contributed by atoms with E-state index in [2.05, 4.69) is 17.2 Å². The van der Waals surface area contributed by atoms with Gasteiger partial charge in [-0.25, -0.2) is 9.78 Å². The van der Waals surface area contributed by atoms with Crippen LogP contribution in [0.15, 0.2) is 24.3 Å². The van der Waals surface area contributed by atoms with Crippen LogP contribution in [-0.4, -0.2) is 46.0 Å². The minimum Gasteiger partial charge on any atom is -0.476 e. The van der Waals surface area contributed by atoms with Crippen LogP contribution in [0.2, 0.25) is 10.0 Å². The van der Waals surface area contributed by atoms with Crippen LogP contribution in [0, 0.1) is 0 Å². The number of aliphatic hydroxyl groups is 1. The lowest BCUT2D eigenvalue weighted by molar-refractivity contribution is -0.250. The van der Waals surface area contributed by atoms with Crippen molar-refractivity contribution in [3.8, 4) is 11.3 Å². The number of nitrogens with one attached hydrogen (secondary N) is 1. The molecule has 6 nitrogen and oxygen atoms in total. The van der Waals surface area contributed by atoms with Gasteiger partial charge in [-0.2, -0.15) is 26.3 Å². The number of unbranched alkanes of at least 4 members (excludes halogenated alkanes) is 7. The third kappa shape index (κ3) is 12.2. The highest BCUT2D eigenvalue weighted by molar-refractivity contribution is 6.36. The zero-order valence-corrected chi connectivity index (χ0v) is 24.2. The number of aromatic nitrogens is 1. The molecule has 0 aliphatic rings. The van der Waals surface area contributed by atoms with E-state index in [9.17, 15) is 36.2 Å². The first kappa shape index (κ1) is 36.7. The maximum atomic E-state index is 13.1. The zero-order chi connectivity index (χ0) is 31.4. The molecule has 0 aliphatic carbocycles. The SMILES string of the molecule is CCCCCCCCCCNC[C@](C)(O)C(F)(F)F.Nc1cc(C(F)(F)F)c(-c2ccc(Cl)cc2Cl)nc1C(=O)O. The lowest BCUT2D eigenvalue weighted by Gasteiger charge is -2.26. The second-order valence-electron chi connectivity index (χ2n) is 9.67. The van der Waals surface area contributed by atoms with E-state index in [4.69, 9.17) is 34.0 Å². The fraction of sp³-hybridized carbons (Fsp3) is 0.556. The molecule has 0 bridgehead atoms. The van der Waals surface area contributed by atoms with Gasteiger partial charge in [0.1, 0.15) is 0 Å². The molecule has 2 rings (SSSR count). The fourth-order valence-corrected chi connectivity index (χ4v) is 4.12. The highest BCUT2D eigenvalue weighted by Crippen LogP contribution is 2.40. The second kappa shape index (κ2) is 16.4. The van der Waals surface area contributed by atoms with Crippen molar-refractivity contribution in [3.63, 3.8) is 0 Å².